The molecule has 0 aliphatic rings. The molecule has 0 aliphatic heterocycles. The van der Waals surface area contributed by atoms with Crippen molar-refractivity contribution in [3.05, 3.63) is 39.1 Å². The van der Waals surface area contributed by atoms with Crippen molar-refractivity contribution in [2.75, 3.05) is 14.1 Å². The van der Waals surface area contributed by atoms with Crippen LogP contribution in [0.5, 0.6) is 0 Å². The van der Waals surface area contributed by atoms with Gasteiger partial charge in [0.1, 0.15) is 11.4 Å². The van der Waals surface area contributed by atoms with Crippen molar-refractivity contribution < 1.29 is 18.0 Å². The van der Waals surface area contributed by atoms with E-state index in [0.29, 0.717) is 22.5 Å². The van der Waals surface area contributed by atoms with E-state index < -0.39 is 16.7 Å². The largest absolute Gasteiger partial charge is 0.426 e. The summed E-state index contributed by atoms with van der Waals surface area (Å²) >= 11 is 0.597. The maximum atomic E-state index is 13.2. The van der Waals surface area contributed by atoms with Crippen molar-refractivity contribution in [1.82, 2.24) is 19.0 Å². The van der Waals surface area contributed by atoms with Crippen LogP contribution in [0.2, 0.25) is 0 Å². The maximum absolute atomic E-state index is 13.2. The number of pyridine rings is 1. The summed E-state index contributed by atoms with van der Waals surface area (Å²) in [5.74, 6) is -0.309. The van der Waals surface area contributed by atoms with E-state index in [1.54, 1.807) is 14.1 Å². The van der Waals surface area contributed by atoms with E-state index in [4.69, 9.17) is 0 Å². The molecule has 3 heterocycles. The van der Waals surface area contributed by atoms with Crippen molar-refractivity contribution in [1.29, 1.82) is 0 Å². The van der Waals surface area contributed by atoms with Crippen LogP contribution in [0.4, 0.5) is 13.2 Å². The zero-order valence-electron chi connectivity index (χ0n) is 14.2. The maximum Gasteiger partial charge on any atom is 0.426 e. The standard InChI is InChI=1S/C16H15F3N4O2S/c1-21(2)12(24)8-23-11-6-9(7-20-14(11)22(3)15(23)25)10-4-5-26-13(10)16(17,18)19/h4-7H,8H2,1-3H3. The number of alkyl halides is 3. The molecule has 3 aromatic rings. The summed E-state index contributed by atoms with van der Waals surface area (Å²) in [5, 5.41) is 1.36. The summed E-state index contributed by atoms with van der Waals surface area (Å²) in [6.45, 7) is -0.218. The molecule has 0 N–H and O–H groups in total. The Morgan fingerprint density at radius 3 is 2.65 bits per heavy atom. The van der Waals surface area contributed by atoms with Crippen molar-refractivity contribution >= 4 is 28.4 Å². The summed E-state index contributed by atoms with van der Waals surface area (Å²) in [6, 6.07) is 2.83. The number of nitrogens with zero attached hydrogens (tertiary/aromatic N) is 4. The lowest BCUT2D eigenvalue weighted by molar-refractivity contribution is -0.134. The third-order valence-corrected chi connectivity index (χ3v) is 4.96. The van der Waals surface area contributed by atoms with E-state index in [2.05, 4.69) is 4.98 Å². The fraction of sp³-hybridized carbons (Fsp3) is 0.312. The molecular formula is C16H15F3N4O2S. The minimum absolute atomic E-state index is 0.00121. The number of thiophene rings is 1. The lowest BCUT2D eigenvalue weighted by atomic mass is 10.1. The highest BCUT2D eigenvalue weighted by atomic mass is 32.1. The van der Waals surface area contributed by atoms with Crippen LogP contribution in [0.25, 0.3) is 22.3 Å². The van der Waals surface area contributed by atoms with Gasteiger partial charge in [-0.25, -0.2) is 9.78 Å². The molecule has 3 aromatic heterocycles. The number of halogens is 3. The van der Waals surface area contributed by atoms with Crippen LogP contribution in [0, 0.1) is 0 Å². The SMILES string of the molecule is CN(C)C(=O)Cn1c(=O)n(C)c2ncc(-c3ccsc3C(F)(F)F)cc21. The zero-order chi connectivity index (χ0) is 19.2. The number of hydrogen-bond donors (Lipinski definition) is 0. The van der Waals surface area contributed by atoms with Crippen LogP contribution in [0.1, 0.15) is 4.88 Å². The average molecular weight is 384 g/mol. The van der Waals surface area contributed by atoms with Crippen molar-refractivity contribution in [3.8, 4) is 11.1 Å². The average Bonchev–Trinajstić information content (AvgIpc) is 3.14. The topological polar surface area (TPSA) is 60.1 Å². The quantitative estimate of drug-likeness (QED) is 0.697. The van der Waals surface area contributed by atoms with Gasteiger partial charge in [-0.1, -0.05) is 0 Å². The van der Waals surface area contributed by atoms with Gasteiger partial charge in [-0.3, -0.25) is 13.9 Å². The van der Waals surface area contributed by atoms with Crippen LogP contribution >= 0.6 is 11.3 Å². The van der Waals surface area contributed by atoms with Gasteiger partial charge in [0.2, 0.25) is 5.91 Å². The van der Waals surface area contributed by atoms with Crippen LogP contribution in [-0.2, 0) is 24.6 Å². The summed E-state index contributed by atoms with van der Waals surface area (Å²) in [7, 11) is 4.62. The first-order valence-corrected chi connectivity index (χ1v) is 8.39. The fourth-order valence-corrected chi connectivity index (χ4v) is 3.40. The van der Waals surface area contributed by atoms with E-state index in [1.807, 2.05) is 0 Å². The first-order valence-electron chi connectivity index (χ1n) is 7.51. The third-order valence-electron chi connectivity index (χ3n) is 4.00. The lowest BCUT2D eigenvalue weighted by Gasteiger charge is -2.11. The summed E-state index contributed by atoms with van der Waals surface area (Å²) in [6.07, 6.45) is -3.17. The lowest BCUT2D eigenvalue weighted by Crippen LogP contribution is -2.31. The zero-order valence-corrected chi connectivity index (χ0v) is 15.0. The number of imidazole rings is 1. The Balaban J connectivity index is 2.19. The Labute approximate surface area is 150 Å². The van der Waals surface area contributed by atoms with Crippen LogP contribution in [0.3, 0.4) is 0 Å². The fourth-order valence-electron chi connectivity index (χ4n) is 2.61. The third kappa shape index (κ3) is 3.00. The second-order valence-electron chi connectivity index (χ2n) is 5.94. The molecule has 0 fully saturated rings. The number of carbonyl (C=O) groups is 1. The number of carbonyl (C=O) groups excluding carboxylic acids is 1. The molecule has 0 bridgehead atoms. The van der Waals surface area contributed by atoms with Crippen molar-refractivity contribution in [2.45, 2.75) is 12.7 Å². The van der Waals surface area contributed by atoms with Gasteiger partial charge < -0.3 is 4.90 Å². The molecule has 0 saturated carbocycles. The van der Waals surface area contributed by atoms with Gasteiger partial charge in [0.25, 0.3) is 0 Å². The minimum Gasteiger partial charge on any atom is -0.347 e. The highest BCUT2D eigenvalue weighted by molar-refractivity contribution is 7.10. The Kier molecular flexibility index (Phi) is 4.39. The molecule has 10 heteroatoms. The molecule has 6 nitrogen and oxygen atoms in total. The number of likely N-dealkylation sites (N-methyl/N-ethyl adjacent to an activating group) is 1. The molecule has 138 valence electrons. The molecule has 0 unspecified atom stereocenters. The van der Waals surface area contributed by atoms with Crippen LogP contribution in [0.15, 0.2) is 28.5 Å². The normalized spacial score (nSPS) is 11.9. The van der Waals surface area contributed by atoms with Crippen LogP contribution < -0.4 is 5.69 Å². The predicted octanol–water partition coefficient (Wildman–Crippen LogP) is 2.57. The smallest absolute Gasteiger partial charge is 0.347 e. The molecule has 0 saturated heterocycles. The molecule has 0 radical (unpaired) electrons. The second kappa shape index (κ2) is 6.27. The van der Waals surface area contributed by atoms with Gasteiger partial charge in [0, 0.05) is 38.5 Å². The Morgan fingerprint density at radius 2 is 2.04 bits per heavy atom. The van der Waals surface area contributed by atoms with Gasteiger partial charge >= 0.3 is 11.9 Å². The van der Waals surface area contributed by atoms with Gasteiger partial charge in [-0.2, -0.15) is 13.2 Å². The molecule has 0 spiro atoms. The first kappa shape index (κ1) is 18.2. The number of aromatic nitrogens is 3. The monoisotopic (exact) mass is 384 g/mol. The second-order valence-corrected chi connectivity index (χ2v) is 6.86. The number of fused-ring (bicyclic) bond motifs is 1. The number of aryl methyl sites for hydroxylation is 1. The molecule has 0 aliphatic carbocycles. The van der Waals surface area contributed by atoms with Gasteiger partial charge in [-0.15, -0.1) is 11.3 Å². The van der Waals surface area contributed by atoms with E-state index in [1.165, 1.54) is 44.8 Å². The molecule has 26 heavy (non-hydrogen) atoms. The van der Waals surface area contributed by atoms with Gasteiger partial charge in [-0.05, 0) is 17.5 Å². The van der Waals surface area contributed by atoms with E-state index in [0.717, 1.165) is 0 Å². The minimum atomic E-state index is -4.48. The Hall–Kier alpha value is -2.62. The molecule has 3 rings (SSSR count). The van der Waals surface area contributed by atoms with E-state index in [-0.39, 0.29) is 23.6 Å². The number of rotatable bonds is 3. The molecular weight excluding hydrogens is 369 g/mol. The van der Waals surface area contributed by atoms with E-state index in [9.17, 15) is 22.8 Å². The number of amides is 1. The number of hydrogen-bond acceptors (Lipinski definition) is 4. The highest BCUT2D eigenvalue weighted by Gasteiger charge is 2.35. The summed E-state index contributed by atoms with van der Waals surface area (Å²) < 4.78 is 42.0. The van der Waals surface area contributed by atoms with Crippen LogP contribution in [-0.4, -0.2) is 39.0 Å². The van der Waals surface area contributed by atoms with E-state index >= 15 is 0 Å². The first-order chi connectivity index (χ1) is 12.1. The van der Waals surface area contributed by atoms with Crippen molar-refractivity contribution in [3.63, 3.8) is 0 Å². The highest BCUT2D eigenvalue weighted by Crippen LogP contribution is 2.41. The molecule has 1 amide bonds. The van der Waals surface area contributed by atoms with Gasteiger partial charge in [0.05, 0.1) is 5.52 Å². The van der Waals surface area contributed by atoms with Crippen molar-refractivity contribution in [2.24, 2.45) is 7.05 Å². The predicted molar refractivity (Wildman–Crippen MR) is 92.0 cm³/mol. The Morgan fingerprint density at radius 1 is 1.35 bits per heavy atom. The molecule has 0 aromatic carbocycles. The molecule has 0 atom stereocenters. The summed E-state index contributed by atoms with van der Waals surface area (Å²) in [4.78, 5) is 29.2. The Bertz CT molecular complexity index is 1050. The summed E-state index contributed by atoms with van der Waals surface area (Å²) in [5.41, 5.74) is 0.390. The van der Waals surface area contributed by atoms with Gasteiger partial charge in [0.15, 0.2) is 5.65 Å².